The number of rotatable bonds is 7. The van der Waals surface area contributed by atoms with Crippen molar-refractivity contribution in [1.29, 1.82) is 0 Å². The highest BCUT2D eigenvalue weighted by atomic mass is 16.3. The van der Waals surface area contributed by atoms with Gasteiger partial charge in [0.2, 0.25) is 5.91 Å². The number of aliphatic hydroxyl groups is 2. The number of phenolic OH excluding ortho intramolecular Hbond substituents is 1. The van der Waals surface area contributed by atoms with E-state index in [9.17, 15) is 39.3 Å². The molecule has 0 saturated heterocycles. The third kappa shape index (κ3) is 4.77. The summed E-state index contributed by atoms with van der Waals surface area (Å²) in [5.74, 6) is -11.0. The van der Waals surface area contributed by atoms with Gasteiger partial charge in [-0.25, -0.2) is 0 Å². The number of primary amides is 1. The Morgan fingerprint density at radius 1 is 1.09 bits per heavy atom. The molecule has 8 atom stereocenters. The zero-order valence-electron chi connectivity index (χ0n) is 25.4. The molecule has 234 valence electrons. The number of hydrogen-bond donors (Lipinski definition) is 4. The quantitative estimate of drug-likeness (QED) is 0.343. The predicted molar refractivity (Wildman–Crippen MR) is 156 cm³/mol. The third-order valence-electron chi connectivity index (χ3n) is 10.9. The highest BCUT2D eigenvalue weighted by molar-refractivity contribution is 6.32. The first-order valence-corrected chi connectivity index (χ1v) is 15.6. The molecule has 43 heavy (non-hydrogen) atoms. The van der Waals surface area contributed by atoms with Crippen LogP contribution in [0.25, 0.3) is 0 Å². The van der Waals surface area contributed by atoms with Gasteiger partial charge in [0.1, 0.15) is 5.75 Å². The summed E-state index contributed by atoms with van der Waals surface area (Å²) in [6, 6.07) is 2.27. The smallest absolute Gasteiger partial charge is 0.235 e. The second-order valence-corrected chi connectivity index (χ2v) is 13.7. The van der Waals surface area contributed by atoms with E-state index in [4.69, 9.17) is 5.73 Å². The lowest BCUT2D eigenvalue weighted by molar-refractivity contribution is -0.195. The summed E-state index contributed by atoms with van der Waals surface area (Å²) in [7, 11) is 2.95. The van der Waals surface area contributed by atoms with Gasteiger partial charge in [0.05, 0.1) is 29.5 Å². The molecule has 5 rings (SSSR count). The maximum atomic E-state index is 14.2. The number of benzene rings is 1. The number of hydrogen-bond acceptors (Lipinski definition) is 9. The minimum atomic E-state index is -2.98. The van der Waals surface area contributed by atoms with Crippen LogP contribution in [-0.4, -0.2) is 81.1 Å². The van der Waals surface area contributed by atoms with Crippen LogP contribution in [0.3, 0.4) is 0 Å². The van der Waals surface area contributed by atoms with Crippen molar-refractivity contribution in [2.24, 2.45) is 41.2 Å². The van der Waals surface area contributed by atoms with Gasteiger partial charge in [0, 0.05) is 5.92 Å². The van der Waals surface area contributed by atoms with Crippen LogP contribution in [0.1, 0.15) is 86.2 Å². The second-order valence-electron chi connectivity index (χ2n) is 13.7. The predicted octanol–water partition coefficient (Wildman–Crippen LogP) is 1.94. The number of nitrogens with two attached hydrogens (primary N) is 1. The van der Waals surface area contributed by atoms with Crippen LogP contribution in [0.2, 0.25) is 0 Å². The Balaban J connectivity index is 1.59. The summed E-state index contributed by atoms with van der Waals surface area (Å²) >= 11 is 0. The van der Waals surface area contributed by atoms with Gasteiger partial charge in [-0.05, 0) is 68.7 Å². The number of Topliss-reactive ketones (excluding diaryl/α,β-unsaturated/α-hetero) is 4. The molecule has 10 nitrogen and oxygen atoms in total. The molecule has 4 aliphatic rings. The topological polar surface area (TPSA) is 175 Å². The van der Waals surface area contributed by atoms with E-state index in [0.717, 1.165) is 44.9 Å². The van der Waals surface area contributed by atoms with Gasteiger partial charge in [0.15, 0.2) is 34.7 Å². The van der Waals surface area contributed by atoms with E-state index in [-0.39, 0.29) is 23.7 Å². The van der Waals surface area contributed by atoms with Crippen LogP contribution in [0.15, 0.2) is 12.1 Å². The van der Waals surface area contributed by atoms with Crippen molar-refractivity contribution in [3.05, 3.63) is 28.8 Å². The lowest BCUT2D eigenvalue weighted by Gasteiger charge is -2.54. The average Bonchev–Trinajstić information content (AvgIpc) is 2.94. The number of aromatic hydroxyl groups is 1. The van der Waals surface area contributed by atoms with Gasteiger partial charge >= 0.3 is 0 Å². The SMILES string of the molecule is CCCCC(c1ccc2c(c1O)C(=O)C1C(=O)[C@@]3(O)C(=O)C(C(N)=O)C(=O)[C@H](N(C)C)[C@H]3[C@H](O)[C@H]1C2)C1CCC(C)CC1. The van der Waals surface area contributed by atoms with E-state index in [0.29, 0.717) is 23.0 Å². The highest BCUT2D eigenvalue weighted by Crippen LogP contribution is 2.52. The van der Waals surface area contributed by atoms with Crippen molar-refractivity contribution in [1.82, 2.24) is 4.90 Å². The molecular weight excluding hydrogens is 552 g/mol. The number of aliphatic hydroxyl groups excluding tert-OH is 1. The Hall–Kier alpha value is -2.95. The third-order valence-corrected chi connectivity index (χ3v) is 10.9. The first kappa shape index (κ1) is 31.5. The van der Waals surface area contributed by atoms with Crippen molar-refractivity contribution in [3.63, 3.8) is 0 Å². The van der Waals surface area contributed by atoms with Crippen molar-refractivity contribution >= 4 is 29.0 Å². The molecule has 10 heteroatoms. The van der Waals surface area contributed by atoms with Crippen molar-refractivity contribution in [2.75, 3.05) is 14.1 Å². The van der Waals surface area contributed by atoms with Crippen molar-refractivity contribution in [3.8, 4) is 5.75 Å². The van der Waals surface area contributed by atoms with Crippen molar-refractivity contribution in [2.45, 2.75) is 88.9 Å². The summed E-state index contributed by atoms with van der Waals surface area (Å²) in [5, 5.41) is 35.1. The summed E-state index contributed by atoms with van der Waals surface area (Å²) in [5.41, 5.74) is 3.53. The molecule has 3 unspecified atom stereocenters. The second kappa shape index (κ2) is 11.5. The number of likely N-dealkylation sites (N-methyl/N-ethyl adjacent to an activating group) is 1. The summed E-state index contributed by atoms with van der Waals surface area (Å²) in [6.07, 6.45) is 5.47. The van der Waals surface area contributed by atoms with Crippen LogP contribution >= 0.6 is 0 Å². The Bertz CT molecular complexity index is 1350. The molecule has 3 saturated carbocycles. The molecule has 1 amide bonds. The monoisotopic (exact) mass is 596 g/mol. The van der Waals surface area contributed by atoms with Crippen LogP contribution in [0.4, 0.5) is 0 Å². The maximum absolute atomic E-state index is 14.2. The number of fused-ring (bicyclic) bond motifs is 3. The lowest BCUT2D eigenvalue weighted by atomic mass is 9.51. The molecule has 3 fully saturated rings. The Morgan fingerprint density at radius 3 is 2.33 bits per heavy atom. The molecule has 0 heterocycles. The maximum Gasteiger partial charge on any atom is 0.235 e. The largest absolute Gasteiger partial charge is 0.507 e. The number of unbranched alkanes of at least 4 members (excludes halogenated alkanes) is 1. The average molecular weight is 597 g/mol. The molecule has 0 radical (unpaired) electrons. The fourth-order valence-electron chi connectivity index (χ4n) is 8.66. The molecule has 4 aliphatic carbocycles. The van der Waals surface area contributed by atoms with E-state index in [1.165, 1.54) is 19.0 Å². The van der Waals surface area contributed by atoms with Gasteiger partial charge in [-0.1, -0.05) is 51.7 Å². The standard InChI is InChI=1S/C33H44N2O8/c1-5-6-7-18(16-10-8-15(2)9-11-16)19-13-12-17-14-20-22(28(38)21(17)26(19)36)30(40)33(43)24(27(20)37)25(35(3)4)29(39)23(31(33)41)32(34)42/h12-13,15-16,18,20,22-25,27,36-37,43H,5-11,14H2,1-4H3,(H2,34,42)/t15?,16?,18?,20-,22?,23?,24-,25+,27+,33+/m0/s1. The summed E-state index contributed by atoms with van der Waals surface area (Å²) in [6.45, 7) is 4.36. The van der Waals surface area contributed by atoms with Crippen LogP contribution in [0.5, 0.6) is 5.75 Å². The number of carbonyl (C=O) groups is 5. The molecule has 0 bridgehead atoms. The molecule has 5 N–H and O–H groups in total. The Kier molecular flexibility index (Phi) is 8.43. The Morgan fingerprint density at radius 2 is 1.74 bits per heavy atom. The number of phenols is 1. The number of nitrogens with zero attached hydrogens (tertiary/aromatic N) is 1. The highest BCUT2D eigenvalue weighted by Gasteiger charge is 2.72. The number of ketones is 4. The molecule has 0 aromatic heterocycles. The lowest BCUT2D eigenvalue weighted by Crippen LogP contribution is -2.77. The molecular formula is C33H44N2O8. The molecule has 0 aliphatic heterocycles. The van der Waals surface area contributed by atoms with Gasteiger partial charge in [-0.2, -0.15) is 0 Å². The molecule has 0 spiro atoms. The van der Waals surface area contributed by atoms with Gasteiger partial charge in [0.25, 0.3) is 0 Å². The number of carbonyl (C=O) groups excluding carboxylic acids is 5. The van der Waals surface area contributed by atoms with Gasteiger partial charge in [-0.15, -0.1) is 0 Å². The van der Waals surface area contributed by atoms with Crippen molar-refractivity contribution < 1.29 is 39.3 Å². The van der Waals surface area contributed by atoms with Gasteiger partial charge in [-0.3, -0.25) is 28.9 Å². The van der Waals surface area contributed by atoms with Gasteiger partial charge < -0.3 is 21.1 Å². The number of amides is 1. The van der Waals surface area contributed by atoms with E-state index < -0.39 is 70.5 Å². The van der Waals surface area contributed by atoms with Crippen LogP contribution in [-0.2, 0) is 25.6 Å². The zero-order valence-corrected chi connectivity index (χ0v) is 25.4. The summed E-state index contributed by atoms with van der Waals surface area (Å²) in [4.78, 5) is 68.6. The van der Waals surface area contributed by atoms with Crippen LogP contribution in [0, 0.1) is 35.5 Å². The van der Waals surface area contributed by atoms with E-state index in [2.05, 4.69) is 13.8 Å². The summed E-state index contributed by atoms with van der Waals surface area (Å²) < 4.78 is 0. The normalized spacial score (nSPS) is 36.6. The first-order chi connectivity index (χ1) is 20.3. The van der Waals surface area contributed by atoms with E-state index >= 15 is 0 Å². The van der Waals surface area contributed by atoms with Crippen LogP contribution < -0.4 is 5.73 Å². The molecule has 1 aromatic carbocycles. The molecule has 1 aromatic rings. The van der Waals surface area contributed by atoms with E-state index in [1.54, 1.807) is 6.07 Å². The minimum absolute atomic E-state index is 0.0121. The Labute approximate surface area is 252 Å². The first-order valence-electron chi connectivity index (χ1n) is 15.6. The zero-order chi connectivity index (χ0) is 31.5. The fourth-order valence-corrected chi connectivity index (χ4v) is 8.66. The van der Waals surface area contributed by atoms with E-state index in [1.807, 2.05) is 6.07 Å². The fraction of sp³-hybridized carbons (Fsp3) is 0.667. The minimum Gasteiger partial charge on any atom is -0.507 e.